The topological polar surface area (TPSA) is 9.72 Å². The van der Waals surface area contributed by atoms with Crippen LogP contribution in [0.1, 0.15) is 54.9 Å². The zero-order valence-electron chi connectivity index (χ0n) is 12.7. The second-order valence-electron chi connectivity index (χ2n) is 5.36. The van der Waals surface area contributed by atoms with Crippen molar-refractivity contribution in [1.82, 2.24) is 9.36 Å². The molecule has 0 aromatic rings. The summed E-state index contributed by atoms with van der Waals surface area (Å²) < 4.78 is 8.47. The Labute approximate surface area is 116 Å². The molecule has 1 fully saturated rings. The van der Waals surface area contributed by atoms with Crippen molar-refractivity contribution in [1.29, 1.82) is 0 Å². The Kier molecular flexibility index (Phi) is 6.23. The Morgan fingerprint density at radius 1 is 0.941 bits per heavy atom. The first-order valence-corrected chi connectivity index (χ1v) is 11.0. The summed E-state index contributed by atoms with van der Waals surface area (Å²) in [5.41, 5.74) is 0. The second-order valence-corrected chi connectivity index (χ2v) is 11.8. The third-order valence-electron chi connectivity index (χ3n) is 3.63. The summed E-state index contributed by atoms with van der Waals surface area (Å²) >= 11 is -1.68. The summed E-state index contributed by atoms with van der Waals surface area (Å²) in [6, 6.07) is 1.43. The van der Waals surface area contributed by atoms with E-state index in [1.165, 1.54) is 19.5 Å². The first-order valence-electron chi connectivity index (χ1n) is 7.18. The molecule has 17 heavy (non-hydrogen) atoms. The van der Waals surface area contributed by atoms with E-state index in [2.05, 4.69) is 57.8 Å². The number of hydrogen-bond acceptors (Lipinski definition) is 3. The van der Waals surface area contributed by atoms with Crippen LogP contribution in [0.15, 0.2) is 0 Å². The van der Waals surface area contributed by atoms with Crippen LogP contribution in [-0.2, 0) is 0 Å². The Bertz CT molecular complexity index is 213. The molecule has 0 spiro atoms. The van der Waals surface area contributed by atoms with Crippen molar-refractivity contribution in [3.63, 3.8) is 0 Å². The molecule has 4 heteroatoms. The number of rotatable bonds is 6. The van der Waals surface area contributed by atoms with Crippen molar-refractivity contribution in [3.05, 3.63) is 0 Å². The van der Waals surface area contributed by atoms with Gasteiger partial charge in [-0.25, -0.2) is 0 Å². The summed E-state index contributed by atoms with van der Waals surface area (Å²) in [6.45, 7) is 18.9. The van der Waals surface area contributed by atoms with Crippen molar-refractivity contribution < 1.29 is 0 Å². The Balaban J connectivity index is 2.88. The molecule has 0 unspecified atom stereocenters. The van der Waals surface area contributed by atoms with Crippen LogP contribution in [0.25, 0.3) is 0 Å². The Morgan fingerprint density at radius 2 is 1.35 bits per heavy atom. The predicted molar refractivity (Wildman–Crippen MR) is 76.7 cm³/mol. The molecule has 0 aromatic heterocycles. The quantitative estimate of drug-likeness (QED) is 0.684. The van der Waals surface area contributed by atoms with Crippen LogP contribution in [0.5, 0.6) is 0 Å². The Morgan fingerprint density at radius 3 is 1.59 bits per heavy atom. The molecule has 0 N–H and O–H groups in total. The average molecular weight is 347 g/mol. The monoisotopic (exact) mass is 348 g/mol. The van der Waals surface area contributed by atoms with E-state index in [1.54, 1.807) is 0 Å². The van der Waals surface area contributed by atoms with E-state index < -0.39 is 20.6 Å². The van der Waals surface area contributed by atoms with E-state index in [0.717, 1.165) is 0 Å². The minimum absolute atomic E-state index is 0.713. The van der Waals surface area contributed by atoms with Crippen molar-refractivity contribution in [2.24, 2.45) is 0 Å². The SMILES string of the molecule is CCC1[N](C(C)C)[Sn]([N](CC)CC)[N]1C(C)C. The fourth-order valence-electron chi connectivity index (χ4n) is 2.85. The second kappa shape index (κ2) is 6.73. The van der Waals surface area contributed by atoms with Gasteiger partial charge in [0.05, 0.1) is 0 Å². The summed E-state index contributed by atoms with van der Waals surface area (Å²) in [5, 5.41) is 0. The van der Waals surface area contributed by atoms with Gasteiger partial charge in [0.2, 0.25) is 0 Å². The fourth-order valence-corrected chi connectivity index (χ4v) is 12.5. The van der Waals surface area contributed by atoms with E-state index >= 15 is 0 Å². The van der Waals surface area contributed by atoms with Gasteiger partial charge in [0, 0.05) is 0 Å². The van der Waals surface area contributed by atoms with Gasteiger partial charge in [0.25, 0.3) is 0 Å². The van der Waals surface area contributed by atoms with Gasteiger partial charge >= 0.3 is 116 Å². The van der Waals surface area contributed by atoms with Gasteiger partial charge in [-0.2, -0.15) is 0 Å². The van der Waals surface area contributed by atoms with E-state index in [-0.39, 0.29) is 0 Å². The van der Waals surface area contributed by atoms with Crippen molar-refractivity contribution in [2.75, 3.05) is 13.1 Å². The van der Waals surface area contributed by atoms with Gasteiger partial charge < -0.3 is 0 Å². The summed E-state index contributed by atoms with van der Waals surface area (Å²) in [7, 11) is 0. The predicted octanol–water partition coefficient (Wildman–Crippen LogP) is 2.48. The van der Waals surface area contributed by atoms with Crippen LogP contribution in [0.4, 0.5) is 0 Å². The van der Waals surface area contributed by atoms with Crippen LogP contribution in [0.3, 0.4) is 0 Å². The van der Waals surface area contributed by atoms with Crippen LogP contribution in [0, 0.1) is 0 Å². The molecule has 0 atom stereocenters. The molecule has 0 aromatic carbocycles. The average Bonchev–Trinajstić information content (AvgIpc) is 2.22. The van der Waals surface area contributed by atoms with E-state index in [4.69, 9.17) is 0 Å². The van der Waals surface area contributed by atoms with Crippen LogP contribution >= 0.6 is 0 Å². The zero-order valence-corrected chi connectivity index (χ0v) is 15.5. The standard InChI is InChI=1S/C9H20N2.C4H10N.Sn/c1-6-9(10-7(2)3)11-8(4)5;1-3-5-4-2;/h7-9H,6H2,1-5H3;3-4H2,1-2H3;/q-2;-1;+3. The summed E-state index contributed by atoms with van der Waals surface area (Å²) in [4.78, 5) is 0. The summed E-state index contributed by atoms with van der Waals surface area (Å²) in [6.07, 6.45) is 1.98. The van der Waals surface area contributed by atoms with E-state index in [0.29, 0.717) is 18.2 Å². The molecule has 1 rings (SSSR count). The minimum atomic E-state index is -1.68. The molecule has 1 aliphatic heterocycles. The summed E-state index contributed by atoms with van der Waals surface area (Å²) in [5.74, 6) is 0. The molecule has 101 valence electrons. The molecule has 0 saturated carbocycles. The molecule has 1 saturated heterocycles. The molecule has 3 nitrogen and oxygen atoms in total. The van der Waals surface area contributed by atoms with Crippen molar-refractivity contribution in [3.8, 4) is 0 Å². The fraction of sp³-hybridized carbons (Fsp3) is 1.00. The van der Waals surface area contributed by atoms with E-state index in [9.17, 15) is 0 Å². The van der Waals surface area contributed by atoms with Crippen LogP contribution in [0.2, 0.25) is 0 Å². The molecule has 1 radical (unpaired) electrons. The van der Waals surface area contributed by atoms with E-state index in [1.807, 2.05) is 0 Å². The molecule has 0 bridgehead atoms. The van der Waals surface area contributed by atoms with Crippen molar-refractivity contribution in [2.45, 2.75) is 73.1 Å². The molecule has 1 heterocycles. The van der Waals surface area contributed by atoms with Gasteiger partial charge in [-0.1, -0.05) is 0 Å². The Hall–Kier alpha value is 0.679. The normalized spacial score (nSPS) is 20.8. The molecule has 1 aliphatic rings. The molecular formula is C13H30N3Sn. The maximum atomic E-state index is 2.86. The van der Waals surface area contributed by atoms with Gasteiger partial charge in [-0.15, -0.1) is 0 Å². The van der Waals surface area contributed by atoms with Crippen molar-refractivity contribution >= 4 is 20.6 Å². The molecule has 0 aliphatic carbocycles. The number of hydrogen-bond donors (Lipinski definition) is 0. The first kappa shape index (κ1) is 15.7. The van der Waals surface area contributed by atoms with Crippen LogP contribution < -0.4 is 0 Å². The number of nitrogens with zero attached hydrogens (tertiary/aromatic N) is 3. The third kappa shape index (κ3) is 2.99. The van der Waals surface area contributed by atoms with Crippen LogP contribution in [-0.4, -0.2) is 61.3 Å². The third-order valence-corrected chi connectivity index (χ3v) is 14.3. The first-order chi connectivity index (χ1) is 7.99. The van der Waals surface area contributed by atoms with Gasteiger partial charge in [0.15, 0.2) is 0 Å². The van der Waals surface area contributed by atoms with Gasteiger partial charge in [0.1, 0.15) is 0 Å². The zero-order chi connectivity index (χ0) is 13.2. The van der Waals surface area contributed by atoms with Gasteiger partial charge in [-0.3, -0.25) is 0 Å². The molecule has 0 amide bonds. The van der Waals surface area contributed by atoms with Gasteiger partial charge in [-0.05, 0) is 0 Å². The maximum absolute atomic E-state index is 2.86. The molecular weight excluding hydrogens is 317 g/mol.